The van der Waals surface area contributed by atoms with Gasteiger partial charge in [-0.1, -0.05) is 30.3 Å². The Labute approximate surface area is 186 Å². The van der Waals surface area contributed by atoms with Crippen molar-refractivity contribution in [1.29, 1.82) is 0 Å². The van der Waals surface area contributed by atoms with Gasteiger partial charge in [0.25, 0.3) is 15.9 Å². The molecule has 0 spiro atoms. The molecule has 8 heteroatoms. The molecule has 162 valence electrons. The number of carbonyl (C=O) groups excluding carboxylic acids is 1. The van der Waals surface area contributed by atoms with Crippen LogP contribution in [0.2, 0.25) is 0 Å². The number of aryl methyl sites for hydroxylation is 1. The summed E-state index contributed by atoms with van der Waals surface area (Å²) in [5.74, 6) is 0.327. The molecule has 1 aliphatic carbocycles. The van der Waals surface area contributed by atoms with E-state index in [1.54, 1.807) is 41.8 Å². The summed E-state index contributed by atoms with van der Waals surface area (Å²) < 4.78 is 32.4. The normalized spacial score (nSPS) is 15.7. The molecule has 0 aliphatic heterocycles. The molecule has 0 fully saturated rings. The lowest BCUT2D eigenvalue weighted by Crippen LogP contribution is -2.34. The summed E-state index contributed by atoms with van der Waals surface area (Å²) in [5.41, 5.74) is 2.99. The van der Waals surface area contributed by atoms with E-state index in [0.717, 1.165) is 19.3 Å². The van der Waals surface area contributed by atoms with E-state index in [1.165, 1.54) is 33.8 Å². The van der Waals surface area contributed by atoms with Gasteiger partial charge >= 0.3 is 0 Å². The number of fused-ring (bicyclic) bond motifs is 1. The zero-order valence-electron chi connectivity index (χ0n) is 17.2. The van der Waals surface area contributed by atoms with Crippen LogP contribution < -0.4 is 14.4 Å². The number of hydrogen-bond acceptors (Lipinski definition) is 5. The topological polar surface area (TPSA) is 75.7 Å². The zero-order chi connectivity index (χ0) is 21.8. The maximum Gasteiger partial charge on any atom is 0.273 e. The lowest BCUT2D eigenvalue weighted by Gasteiger charge is -2.26. The molecular weight excluding hydrogens is 432 g/mol. The van der Waals surface area contributed by atoms with Gasteiger partial charge in [0.15, 0.2) is 6.61 Å². The summed E-state index contributed by atoms with van der Waals surface area (Å²) >= 11 is 1.18. The van der Waals surface area contributed by atoms with Gasteiger partial charge < -0.3 is 10.1 Å². The maximum absolute atomic E-state index is 12.6. The van der Waals surface area contributed by atoms with Gasteiger partial charge in [0, 0.05) is 7.05 Å². The molecule has 0 unspecified atom stereocenters. The Hall–Kier alpha value is -2.84. The first-order valence-corrected chi connectivity index (χ1v) is 12.4. The molecule has 0 radical (unpaired) electrons. The highest BCUT2D eigenvalue weighted by Gasteiger charge is 2.23. The van der Waals surface area contributed by atoms with E-state index in [0.29, 0.717) is 11.4 Å². The third-order valence-corrected chi connectivity index (χ3v) is 8.54. The van der Waals surface area contributed by atoms with E-state index >= 15 is 0 Å². The average Bonchev–Trinajstić information content (AvgIpc) is 3.34. The number of thiophene rings is 1. The number of amides is 1. The molecule has 2 aromatic carbocycles. The first kappa shape index (κ1) is 21.4. The number of carbonyl (C=O) groups is 1. The molecule has 1 aliphatic rings. The van der Waals surface area contributed by atoms with Gasteiger partial charge in [-0.15, -0.1) is 11.3 Å². The molecule has 31 heavy (non-hydrogen) atoms. The predicted octanol–water partition coefficient (Wildman–Crippen LogP) is 4.15. The summed E-state index contributed by atoms with van der Waals surface area (Å²) in [6.07, 6.45) is 3.01. The van der Waals surface area contributed by atoms with Gasteiger partial charge in [-0.05, 0) is 66.1 Å². The number of hydrogen-bond donors (Lipinski definition) is 1. The van der Waals surface area contributed by atoms with Crippen molar-refractivity contribution >= 4 is 33.0 Å². The Kier molecular flexibility index (Phi) is 6.29. The van der Waals surface area contributed by atoms with Crippen LogP contribution in [0.3, 0.4) is 0 Å². The molecule has 0 bridgehead atoms. The predicted molar refractivity (Wildman–Crippen MR) is 122 cm³/mol. The first-order valence-electron chi connectivity index (χ1n) is 10.1. The highest BCUT2D eigenvalue weighted by molar-refractivity contribution is 7.94. The summed E-state index contributed by atoms with van der Waals surface area (Å²) in [5, 5.41) is 4.79. The number of rotatable bonds is 7. The van der Waals surface area contributed by atoms with Gasteiger partial charge in [0.05, 0.1) is 11.7 Å². The van der Waals surface area contributed by atoms with Gasteiger partial charge in [0.2, 0.25) is 0 Å². The summed E-state index contributed by atoms with van der Waals surface area (Å²) in [4.78, 5) is 12.4. The number of sulfonamides is 1. The maximum atomic E-state index is 12.6. The lowest BCUT2D eigenvalue weighted by molar-refractivity contribution is -0.123. The molecule has 1 heterocycles. The van der Waals surface area contributed by atoms with Crippen molar-refractivity contribution in [3.05, 3.63) is 77.2 Å². The minimum absolute atomic E-state index is 0.0135. The summed E-state index contributed by atoms with van der Waals surface area (Å²) in [6.45, 7) is -0.0959. The fraction of sp³-hybridized carbons (Fsp3) is 0.261. The summed E-state index contributed by atoms with van der Waals surface area (Å²) in [7, 11) is -2.07. The van der Waals surface area contributed by atoms with E-state index in [4.69, 9.17) is 4.74 Å². The highest BCUT2D eigenvalue weighted by atomic mass is 32.2. The van der Waals surface area contributed by atoms with Crippen molar-refractivity contribution in [2.45, 2.75) is 29.5 Å². The molecule has 1 N–H and O–H groups in total. The van der Waals surface area contributed by atoms with Crippen LogP contribution in [0, 0.1) is 0 Å². The number of nitrogens with one attached hydrogen (secondary N) is 1. The average molecular weight is 457 g/mol. The fourth-order valence-corrected chi connectivity index (χ4v) is 6.08. The second kappa shape index (κ2) is 9.11. The SMILES string of the molecule is CN(c1ccc(OCC(=O)N[C@H]2CCCc3ccccc32)cc1)S(=O)(=O)c1cccs1. The molecule has 6 nitrogen and oxygen atoms in total. The van der Waals surface area contributed by atoms with Crippen LogP contribution in [-0.2, 0) is 21.2 Å². The number of benzene rings is 2. The zero-order valence-corrected chi connectivity index (χ0v) is 18.8. The highest BCUT2D eigenvalue weighted by Crippen LogP contribution is 2.29. The van der Waals surface area contributed by atoms with E-state index < -0.39 is 10.0 Å². The van der Waals surface area contributed by atoms with E-state index in [2.05, 4.69) is 17.4 Å². The molecular formula is C23H24N2O4S2. The third-order valence-electron chi connectivity index (χ3n) is 5.38. The molecule has 0 saturated carbocycles. The van der Waals surface area contributed by atoms with Crippen molar-refractivity contribution in [2.75, 3.05) is 18.0 Å². The second-order valence-corrected chi connectivity index (χ2v) is 10.5. The smallest absolute Gasteiger partial charge is 0.273 e. The fourth-order valence-electron chi connectivity index (χ4n) is 3.73. The van der Waals surface area contributed by atoms with Crippen LogP contribution in [0.1, 0.15) is 30.0 Å². The Morgan fingerprint density at radius 2 is 1.90 bits per heavy atom. The Bertz CT molecular complexity index is 1140. The van der Waals surface area contributed by atoms with Gasteiger partial charge in [-0.3, -0.25) is 9.10 Å². The number of nitrogens with zero attached hydrogens (tertiary/aromatic N) is 1. The van der Waals surface area contributed by atoms with Crippen molar-refractivity contribution in [3.8, 4) is 5.75 Å². The number of ether oxygens (including phenoxy) is 1. The molecule has 4 rings (SSSR count). The molecule has 0 saturated heterocycles. The minimum atomic E-state index is -3.58. The van der Waals surface area contributed by atoms with Crippen LogP contribution in [0.25, 0.3) is 0 Å². The Balaban J connectivity index is 1.34. The largest absolute Gasteiger partial charge is 0.484 e. The molecule has 3 aromatic rings. The minimum Gasteiger partial charge on any atom is -0.484 e. The van der Waals surface area contributed by atoms with Crippen LogP contribution >= 0.6 is 11.3 Å². The third kappa shape index (κ3) is 4.75. The van der Waals surface area contributed by atoms with Gasteiger partial charge in [0.1, 0.15) is 9.96 Å². The van der Waals surface area contributed by atoms with Crippen molar-refractivity contribution in [1.82, 2.24) is 5.32 Å². The van der Waals surface area contributed by atoms with Crippen LogP contribution in [0.4, 0.5) is 5.69 Å². The van der Waals surface area contributed by atoms with Crippen molar-refractivity contribution in [2.24, 2.45) is 0 Å². The standard InChI is InChI=1S/C23H24N2O4S2/c1-25(31(27,28)23-10-5-15-30-23)18-11-13-19(14-12-18)29-16-22(26)24-21-9-4-7-17-6-2-3-8-20(17)21/h2-3,5-6,8,10-15,21H,4,7,9,16H2,1H3,(H,24,26)/t21-/m0/s1. The molecule has 1 amide bonds. The van der Waals surface area contributed by atoms with Crippen molar-refractivity contribution < 1.29 is 17.9 Å². The first-order chi connectivity index (χ1) is 14.9. The van der Waals surface area contributed by atoms with Gasteiger partial charge in [-0.2, -0.15) is 0 Å². The summed E-state index contributed by atoms with van der Waals surface area (Å²) in [6, 6.07) is 18.2. The number of anilines is 1. The molecule has 1 atom stereocenters. The van der Waals surface area contributed by atoms with Crippen molar-refractivity contribution in [3.63, 3.8) is 0 Å². The van der Waals surface area contributed by atoms with Crippen LogP contribution in [0.15, 0.2) is 70.3 Å². The Morgan fingerprint density at radius 3 is 2.65 bits per heavy atom. The van der Waals surface area contributed by atoms with E-state index in [9.17, 15) is 13.2 Å². The molecule has 1 aromatic heterocycles. The monoisotopic (exact) mass is 456 g/mol. The quantitative estimate of drug-likeness (QED) is 0.580. The van der Waals surface area contributed by atoms with Crippen LogP contribution in [-0.4, -0.2) is 28.0 Å². The Morgan fingerprint density at radius 1 is 1.13 bits per heavy atom. The lowest BCUT2D eigenvalue weighted by atomic mass is 9.88. The van der Waals surface area contributed by atoms with E-state index in [-0.39, 0.29) is 22.8 Å². The van der Waals surface area contributed by atoms with Gasteiger partial charge in [-0.25, -0.2) is 8.42 Å². The van der Waals surface area contributed by atoms with E-state index in [1.807, 2.05) is 12.1 Å². The second-order valence-electron chi connectivity index (χ2n) is 7.40. The van der Waals surface area contributed by atoms with Crippen LogP contribution in [0.5, 0.6) is 5.75 Å².